The van der Waals surface area contributed by atoms with Crippen LogP contribution in [0, 0.1) is 0 Å². The van der Waals surface area contributed by atoms with Gasteiger partial charge in [0.1, 0.15) is 11.7 Å². The zero-order valence-electron chi connectivity index (χ0n) is 12.9. The molecule has 3 aromatic rings. The third-order valence-electron chi connectivity index (χ3n) is 3.60. The number of carbonyl (C=O) groups is 1. The van der Waals surface area contributed by atoms with E-state index in [0.29, 0.717) is 12.4 Å². The van der Waals surface area contributed by atoms with E-state index >= 15 is 0 Å². The van der Waals surface area contributed by atoms with Crippen molar-refractivity contribution in [1.29, 1.82) is 0 Å². The molecule has 0 spiro atoms. The maximum absolute atomic E-state index is 12.8. The standard InChI is InChI=1S/C19H16BrN3O/c20-16-9-4-8-15(12-16)17(18-21-10-5-11-22-18)19(24)23-13-14-6-2-1-3-7-14/h1-12,17H,13H2,(H,23,24). The molecule has 0 radical (unpaired) electrons. The van der Waals surface area contributed by atoms with Gasteiger partial charge in [0.25, 0.3) is 0 Å². The lowest BCUT2D eigenvalue weighted by Crippen LogP contribution is -2.30. The molecule has 24 heavy (non-hydrogen) atoms. The molecular weight excluding hydrogens is 366 g/mol. The molecule has 0 aliphatic carbocycles. The first kappa shape index (κ1) is 16.3. The average Bonchev–Trinajstić information content (AvgIpc) is 2.62. The van der Waals surface area contributed by atoms with Crippen LogP contribution in [-0.4, -0.2) is 15.9 Å². The molecule has 0 aliphatic heterocycles. The summed E-state index contributed by atoms with van der Waals surface area (Å²) in [5, 5.41) is 2.98. The summed E-state index contributed by atoms with van der Waals surface area (Å²) >= 11 is 3.46. The van der Waals surface area contributed by atoms with E-state index < -0.39 is 5.92 Å². The van der Waals surface area contributed by atoms with Gasteiger partial charge in [-0.05, 0) is 29.3 Å². The van der Waals surface area contributed by atoms with Gasteiger partial charge in [0.2, 0.25) is 5.91 Å². The number of nitrogens with one attached hydrogen (secondary N) is 1. The van der Waals surface area contributed by atoms with Gasteiger partial charge in [0.15, 0.2) is 0 Å². The number of halogens is 1. The van der Waals surface area contributed by atoms with Crippen molar-refractivity contribution in [3.63, 3.8) is 0 Å². The first-order valence-corrected chi connectivity index (χ1v) is 8.37. The van der Waals surface area contributed by atoms with Crippen molar-refractivity contribution < 1.29 is 4.79 Å². The Morgan fingerprint density at radius 3 is 2.46 bits per heavy atom. The zero-order valence-corrected chi connectivity index (χ0v) is 14.5. The topological polar surface area (TPSA) is 54.9 Å². The summed E-state index contributed by atoms with van der Waals surface area (Å²) < 4.78 is 0.914. The Morgan fingerprint density at radius 2 is 1.75 bits per heavy atom. The molecule has 1 aromatic heterocycles. The smallest absolute Gasteiger partial charge is 0.235 e. The third kappa shape index (κ3) is 4.06. The van der Waals surface area contributed by atoms with Crippen LogP contribution in [0.3, 0.4) is 0 Å². The Bertz CT molecular complexity index is 809. The summed E-state index contributed by atoms with van der Waals surface area (Å²) in [6, 6.07) is 19.2. The maximum Gasteiger partial charge on any atom is 0.235 e. The zero-order chi connectivity index (χ0) is 16.8. The Labute approximate surface area is 149 Å². The Hall–Kier alpha value is -2.53. The minimum Gasteiger partial charge on any atom is -0.351 e. The predicted octanol–water partition coefficient (Wildman–Crippen LogP) is 3.69. The van der Waals surface area contributed by atoms with E-state index in [1.807, 2.05) is 54.6 Å². The second kappa shape index (κ2) is 7.84. The summed E-state index contributed by atoms with van der Waals surface area (Å²) in [5.74, 6) is -0.184. The van der Waals surface area contributed by atoms with E-state index in [-0.39, 0.29) is 5.91 Å². The van der Waals surface area contributed by atoms with Crippen molar-refractivity contribution in [2.45, 2.75) is 12.5 Å². The Morgan fingerprint density at radius 1 is 1.00 bits per heavy atom. The number of benzene rings is 2. The lowest BCUT2D eigenvalue weighted by molar-refractivity contribution is -0.122. The van der Waals surface area contributed by atoms with Gasteiger partial charge in [-0.25, -0.2) is 9.97 Å². The van der Waals surface area contributed by atoms with E-state index in [1.165, 1.54) is 0 Å². The molecule has 2 aromatic carbocycles. The van der Waals surface area contributed by atoms with Crippen molar-refractivity contribution >= 4 is 21.8 Å². The molecule has 1 heterocycles. The van der Waals surface area contributed by atoms with Gasteiger partial charge < -0.3 is 5.32 Å². The second-order valence-corrected chi connectivity index (χ2v) is 6.21. The molecule has 1 unspecified atom stereocenters. The second-order valence-electron chi connectivity index (χ2n) is 5.30. The van der Waals surface area contributed by atoms with Crippen molar-refractivity contribution in [3.8, 4) is 0 Å². The molecule has 4 nitrogen and oxygen atoms in total. The predicted molar refractivity (Wildman–Crippen MR) is 96.3 cm³/mol. The highest BCUT2D eigenvalue weighted by Crippen LogP contribution is 2.24. The highest BCUT2D eigenvalue weighted by atomic mass is 79.9. The number of carbonyl (C=O) groups excluding carboxylic acids is 1. The fourth-order valence-corrected chi connectivity index (χ4v) is 2.87. The van der Waals surface area contributed by atoms with Gasteiger partial charge in [-0.1, -0.05) is 58.4 Å². The molecular formula is C19H16BrN3O. The number of rotatable bonds is 5. The van der Waals surface area contributed by atoms with E-state index in [4.69, 9.17) is 0 Å². The highest BCUT2D eigenvalue weighted by Gasteiger charge is 2.25. The molecule has 5 heteroatoms. The molecule has 0 saturated heterocycles. The van der Waals surface area contributed by atoms with Gasteiger partial charge in [-0.15, -0.1) is 0 Å². The van der Waals surface area contributed by atoms with Crippen molar-refractivity contribution in [2.24, 2.45) is 0 Å². The van der Waals surface area contributed by atoms with E-state index in [9.17, 15) is 4.79 Å². The number of amides is 1. The van der Waals surface area contributed by atoms with Crippen LogP contribution in [0.15, 0.2) is 77.5 Å². The van der Waals surface area contributed by atoms with E-state index in [0.717, 1.165) is 15.6 Å². The van der Waals surface area contributed by atoms with Gasteiger partial charge in [-0.3, -0.25) is 4.79 Å². The van der Waals surface area contributed by atoms with Crippen LogP contribution >= 0.6 is 15.9 Å². The van der Waals surface area contributed by atoms with Crippen LogP contribution in [0.25, 0.3) is 0 Å². The van der Waals surface area contributed by atoms with Crippen LogP contribution < -0.4 is 5.32 Å². The fraction of sp³-hybridized carbons (Fsp3) is 0.105. The monoisotopic (exact) mass is 381 g/mol. The summed E-state index contributed by atoms with van der Waals surface area (Å²) in [6.07, 6.45) is 3.30. The number of nitrogens with zero attached hydrogens (tertiary/aromatic N) is 2. The van der Waals surface area contributed by atoms with Gasteiger partial charge in [0.05, 0.1) is 0 Å². The van der Waals surface area contributed by atoms with Crippen molar-refractivity contribution in [1.82, 2.24) is 15.3 Å². The maximum atomic E-state index is 12.8. The lowest BCUT2D eigenvalue weighted by atomic mass is 9.97. The Kier molecular flexibility index (Phi) is 5.33. The molecule has 1 N–H and O–H groups in total. The fourth-order valence-electron chi connectivity index (χ4n) is 2.45. The van der Waals surface area contributed by atoms with Crippen molar-refractivity contribution in [3.05, 3.63) is 94.5 Å². The van der Waals surface area contributed by atoms with Crippen molar-refractivity contribution in [2.75, 3.05) is 0 Å². The summed E-state index contributed by atoms with van der Waals surface area (Å²) in [7, 11) is 0. The van der Waals surface area contributed by atoms with Crippen LogP contribution in [-0.2, 0) is 11.3 Å². The largest absolute Gasteiger partial charge is 0.351 e. The van der Waals surface area contributed by atoms with Crippen LogP contribution in [0.4, 0.5) is 0 Å². The number of hydrogen-bond acceptors (Lipinski definition) is 3. The third-order valence-corrected chi connectivity index (χ3v) is 4.09. The molecule has 1 amide bonds. The molecule has 120 valence electrons. The van der Waals surface area contributed by atoms with Gasteiger partial charge >= 0.3 is 0 Å². The molecule has 1 atom stereocenters. The molecule has 3 rings (SSSR count). The molecule has 0 bridgehead atoms. The van der Waals surface area contributed by atoms with Crippen LogP contribution in [0.1, 0.15) is 22.9 Å². The Balaban J connectivity index is 1.85. The highest BCUT2D eigenvalue weighted by molar-refractivity contribution is 9.10. The number of aromatic nitrogens is 2. The number of hydrogen-bond donors (Lipinski definition) is 1. The van der Waals surface area contributed by atoms with Gasteiger partial charge in [-0.2, -0.15) is 0 Å². The SMILES string of the molecule is O=C(NCc1ccccc1)C(c1cccc(Br)c1)c1ncccn1. The van der Waals surface area contributed by atoms with Crippen LogP contribution in [0.5, 0.6) is 0 Å². The average molecular weight is 382 g/mol. The van der Waals surface area contributed by atoms with Crippen LogP contribution in [0.2, 0.25) is 0 Å². The van der Waals surface area contributed by atoms with E-state index in [1.54, 1.807) is 18.5 Å². The first-order chi connectivity index (χ1) is 11.7. The summed E-state index contributed by atoms with van der Waals surface area (Å²) in [6.45, 7) is 0.469. The molecule has 0 aliphatic rings. The van der Waals surface area contributed by atoms with E-state index in [2.05, 4.69) is 31.2 Å². The minimum absolute atomic E-state index is 0.122. The van der Waals surface area contributed by atoms with Gasteiger partial charge in [0, 0.05) is 23.4 Å². The summed E-state index contributed by atoms with van der Waals surface area (Å²) in [5.41, 5.74) is 1.90. The minimum atomic E-state index is -0.549. The normalized spacial score (nSPS) is 11.7. The molecule has 0 fully saturated rings. The quantitative estimate of drug-likeness (QED) is 0.733. The summed E-state index contributed by atoms with van der Waals surface area (Å²) in [4.78, 5) is 21.4. The first-order valence-electron chi connectivity index (χ1n) is 7.58. The lowest BCUT2D eigenvalue weighted by Gasteiger charge is -2.16. The molecule has 0 saturated carbocycles.